The van der Waals surface area contributed by atoms with Gasteiger partial charge >= 0.3 is 0 Å². The maximum Gasteiger partial charge on any atom is 0.241 e. The van der Waals surface area contributed by atoms with E-state index in [1.54, 1.807) is 0 Å². The summed E-state index contributed by atoms with van der Waals surface area (Å²) in [5.41, 5.74) is 1.76. The third kappa shape index (κ3) is 4.75. The molecular formula is C18H20ClN3O3S. The second-order valence-electron chi connectivity index (χ2n) is 6.07. The molecule has 0 atom stereocenters. The summed E-state index contributed by atoms with van der Waals surface area (Å²) in [6, 6.07) is 13.3. The first-order valence-electron chi connectivity index (χ1n) is 8.34. The Morgan fingerprint density at radius 3 is 2.23 bits per heavy atom. The zero-order valence-electron chi connectivity index (χ0n) is 14.1. The maximum atomic E-state index is 12.2. The van der Waals surface area contributed by atoms with E-state index in [1.807, 2.05) is 24.3 Å². The number of nitrogens with one attached hydrogen (secondary N) is 2. The van der Waals surface area contributed by atoms with Gasteiger partial charge in [0.05, 0.1) is 11.4 Å². The fraction of sp³-hybridized carbons (Fsp3) is 0.278. The van der Waals surface area contributed by atoms with Crippen LogP contribution in [0.15, 0.2) is 53.4 Å². The molecule has 0 aliphatic carbocycles. The van der Waals surface area contributed by atoms with Crippen molar-refractivity contribution in [3.63, 3.8) is 0 Å². The van der Waals surface area contributed by atoms with Crippen LogP contribution in [0.1, 0.15) is 12.8 Å². The molecule has 26 heavy (non-hydrogen) atoms. The van der Waals surface area contributed by atoms with Gasteiger partial charge in [0.2, 0.25) is 15.9 Å². The van der Waals surface area contributed by atoms with Gasteiger partial charge in [-0.2, -0.15) is 0 Å². The van der Waals surface area contributed by atoms with Gasteiger partial charge < -0.3 is 10.2 Å². The molecule has 1 aliphatic heterocycles. The Kier molecular flexibility index (Phi) is 5.80. The minimum Gasteiger partial charge on any atom is -0.372 e. The average Bonchev–Trinajstić information content (AvgIpc) is 3.16. The molecule has 3 rings (SSSR count). The number of hydrogen-bond donors (Lipinski definition) is 2. The fourth-order valence-electron chi connectivity index (χ4n) is 2.79. The number of halogens is 1. The Labute approximate surface area is 158 Å². The highest BCUT2D eigenvalue weighted by Gasteiger charge is 2.16. The maximum absolute atomic E-state index is 12.2. The van der Waals surface area contributed by atoms with Crippen molar-refractivity contribution in [1.29, 1.82) is 0 Å². The van der Waals surface area contributed by atoms with Crippen LogP contribution in [0.4, 0.5) is 11.4 Å². The van der Waals surface area contributed by atoms with Gasteiger partial charge in [-0.3, -0.25) is 4.79 Å². The molecule has 8 heteroatoms. The zero-order chi connectivity index (χ0) is 18.6. The molecule has 0 unspecified atom stereocenters. The Morgan fingerprint density at radius 1 is 1.00 bits per heavy atom. The Balaban J connectivity index is 1.54. The van der Waals surface area contributed by atoms with Gasteiger partial charge in [0.15, 0.2) is 0 Å². The highest BCUT2D eigenvalue weighted by atomic mass is 35.5. The predicted octanol–water partition coefficient (Wildman–Crippen LogP) is 2.86. The Hall–Kier alpha value is -2.09. The minimum atomic E-state index is -3.76. The summed E-state index contributed by atoms with van der Waals surface area (Å²) in [6.45, 7) is 1.76. The fourth-order valence-corrected chi connectivity index (χ4v) is 3.90. The van der Waals surface area contributed by atoms with E-state index >= 15 is 0 Å². The SMILES string of the molecule is O=C(CNS(=O)(=O)c1ccc(Cl)cc1)Nc1ccc(N2CCCC2)cc1. The lowest BCUT2D eigenvalue weighted by Crippen LogP contribution is -2.32. The molecule has 2 aromatic carbocycles. The minimum absolute atomic E-state index is 0.0599. The van der Waals surface area contributed by atoms with E-state index in [-0.39, 0.29) is 11.4 Å². The van der Waals surface area contributed by atoms with E-state index < -0.39 is 15.9 Å². The first kappa shape index (κ1) is 18.7. The molecule has 0 aromatic heterocycles. The first-order valence-corrected chi connectivity index (χ1v) is 10.2. The second kappa shape index (κ2) is 8.07. The summed E-state index contributed by atoms with van der Waals surface area (Å²) >= 11 is 5.75. The number of rotatable bonds is 6. The van der Waals surface area contributed by atoms with Crippen molar-refractivity contribution in [2.45, 2.75) is 17.7 Å². The van der Waals surface area contributed by atoms with E-state index in [2.05, 4.69) is 14.9 Å². The van der Waals surface area contributed by atoms with Crippen molar-refractivity contribution in [2.75, 3.05) is 29.9 Å². The van der Waals surface area contributed by atoms with Gasteiger partial charge in [0, 0.05) is 29.5 Å². The summed E-state index contributed by atoms with van der Waals surface area (Å²) < 4.78 is 26.6. The normalized spacial score (nSPS) is 14.4. The van der Waals surface area contributed by atoms with E-state index in [1.165, 1.54) is 37.1 Å². The summed E-state index contributed by atoms with van der Waals surface area (Å²) in [4.78, 5) is 14.4. The highest BCUT2D eigenvalue weighted by Crippen LogP contribution is 2.22. The molecule has 2 N–H and O–H groups in total. The van der Waals surface area contributed by atoms with Crippen LogP contribution in [0.2, 0.25) is 5.02 Å². The van der Waals surface area contributed by atoms with Gasteiger partial charge in [0.25, 0.3) is 0 Å². The largest absolute Gasteiger partial charge is 0.372 e. The smallest absolute Gasteiger partial charge is 0.241 e. The van der Waals surface area contributed by atoms with Crippen molar-refractivity contribution < 1.29 is 13.2 Å². The number of nitrogens with zero attached hydrogens (tertiary/aromatic N) is 1. The topological polar surface area (TPSA) is 78.5 Å². The molecule has 1 amide bonds. The number of sulfonamides is 1. The lowest BCUT2D eigenvalue weighted by Gasteiger charge is -2.17. The van der Waals surface area contributed by atoms with Crippen molar-refractivity contribution in [1.82, 2.24) is 4.72 Å². The van der Waals surface area contributed by atoms with Gasteiger partial charge in [-0.1, -0.05) is 11.6 Å². The zero-order valence-corrected chi connectivity index (χ0v) is 15.7. The Morgan fingerprint density at radius 2 is 1.62 bits per heavy atom. The lowest BCUT2D eigenvalue weighted by atomic mass is 10.2. The summed E-state index contributed by atoms with van der Waals surface area (Å²) in [6.07, 6.45) is 2.40. The average molecular weight is 394 g/mol. The molecule has 0 radical (unpaired) electrons. The van der Waals surface area contributed by atoms with Crippen molar-refractivity contribution >= 4 is 38.9 Å². The molecule has 1 aliphatic rings. The van der Waals surface area contributed by atoms with Crippen LogP contribution in [-0.2, 0) is 14.8 Å². The molecule has 2 aromatic rings. The van der Waals surface area contributed by atoms with Gasteiger partial charge in [-0.05, 0) is 61.4 Å². The van der Waals surface area contributed by atoms with Crippen LogP contribution >= 0.6 is 11.6 Å². The number of benzene rings is 2. The number of anilines is 2. The first-order chi connectivity index (χ1) is 12.4. The summed E-state index contributed by atoms with van der Waals surface area (Å²) in [5, 5.41) is 3.13. The molecule has 1 saturated heterocycles. The molecule has 0 bridgehead atoms. The highest BCUT2D eigenvalue weighted by molar-refractivity contribution is 7.89. The second-order valence-corrected chi connectivity index (χ2v) is 8.27. The van der Waals surface area contributed by atoms with Crippen LogP contribution in [0, 0.1) is 0 Å². The molecule has 138 valence electrons. The monoisotopic (exact) mass is 393 g/mol. The quantitative estimate of drug-likeness (QED) is 0.791. The Bertz CT molecular complexity index is 862. The van der Waals surface area contributed by atoms with E-state index in [9.17, 15) is 13.2 Å². The third-order valence-corrected chi connectivity index (χ3v) is 5.84. The number of amides is 1. The molecule has 0 spiro atoms. The number of carbonyl (C=O) groups excluding carboxylic acids is 1. The van der Waals surface area contributed by atoms with E-state index in [0.29, 0.717) is 10.7 Å². The molecule has 6 nitrogen and oxygen atoms in total. The molecule has 0 saturated carbocycles. The van der Waals surface area contributed by atoms with Crippen LogP contribution in [0.25, 0.3) is 0 Å². The van der Waals surface area contributed by atoms with Crippen molar-refractivity contribution in [2.24, 2.45) is 0 Å². The van der Waals surface area contributed by atoms with Gasteiger partial charge in [-0.15, -0.1) is 0 Å². The molecule has 1 fully saturated rings. The molecule has 1 heterocycles. The van der Waals surface area contributed by atoms with Crippen LogP contribution in [0.5, 0.6) is 0 Å². The number of carbonyl (C=O) groups is 1. The summed E-state index contributed by atoms with van der Waals surface area (Å²) in [5.74, 6) is -0.434. The summed E-state index contributed by atoms with van der Waals surface area (Å²) in [7, 11) is -3.76. The molecular weight excluding hydrogens is 374 g/mol. The van der Waals surface area contributed by atoms with Gasteiger partial charge in [0.1, 0.15) is 0 Å². The van der Waals surface area contributed by atoms with Crippen LogP contribution < -0.4 is 14.9 Å². The number of hydrogen-bond acceptors (Lipinski definition) is 4. The lowest BCUT2D eigenvalue weighted by molar-refractivity contribution is -0.115. The third-order valence-electron chi connectivity index (χ3n) is 4.17. The van der Waals surface area contributed by atoms with E-state index in [4.69, 9.17) is 11.6 Å². The van der Waals surface area contributed by atoms with Crippen molar-refractivity contribution in [3.8, 4) is 0 Å². The standard InChI is InChI=1S/C18H20ClN3O3S/c19-14-3-9-17(10-4-14)26(24,25)20-13-18(23)21-15-5-7-16(8-6-15)22-11-1-2-12-22/h3-10,20H,1-2,11-13H2,(H,21,23). The van der Waals surface area contributed by atoms with E-state index in [0.717, 1.165) is 18.8 Å². The van der Waals surface area contributed by atoms with Gasteiger partial charge in [-0.25, -0.2) is 13.1 Å². The van der Waals surface area contributed by atoms with Crippen molar-refractivity contribution in [3.05, 3.63) is 53.6 Å². The van der Waals surface area contributed by atoms with Crippen LogP contribution in [0.3, 0.4) is 0 Å². The van der Waals surface area contributed by atoms with Crippen LogP contribution in [-0.4, -0.2) is 34.0 Å². The predicted molar refractivity (Wildman–Crippen MR) is 103 cm³/mol.